The molecule has 2 N–H and O–H groups in total. The third kappa shape index (κ3) is 5.25. The van der Waals surface area contributed by atoms with Crippen LogP contribution in [0, 0.1) is 0 Å². The second-order valence-electron chi connectivity index (χ2n) is 6.06. The average Bonchev–Trinajstić information content (AvgIpc) is 2.53. The molecule has 2 nitrogen and oxygen atoms in total. The normalized spacial score (nSPS) is 11.0. The first-order chi connectivity index (χ1) is 10.8. The molecule has 0 spiro atoms. The first kappa shape index (κ1) is 16.7. The van der Waals surface area contributed by atoms with E-state index in [1.165, 1.54) is 55.7 Å². The highest BCUT2D eigenvalue weighted by atomic mass is 16.5. The Balaban J connectivity index is 1.68. The highest BCUT2D eigenvalue weighted by Crippen LogP contribution is 2.28. The maximum atomic E-state index is 6.07. The van der Waals surface area contributed by atoms with Crippen LogP contribution in [0.15, 0.2) is 36.4 Å². The molecule has 0 saturated carbocycles. The zero-order valence-corrected chi connectivity index (χ0v) is 13.8. The first-order valence-electron chi connectivity index (χ1n) is 8.72. The van der Waals surface area contributed by atoms with Gasteiger partial charge in [0.05, 0.1) is 12.3 Å². The Morgan fingerprint density at radius 2 is 1.41 bits per heavy atom. The third-order valence-electron chi connectivity index (χ3n) is 4.13. The quantitative estimate of drug-likeness (QED) is 0.435. The highest BCUT2D eigenvalue weighted by molar-refractivity contribution is 5.88. The van der Waals surface area contributed by atoms with Crippen molar-refractivity contribution in [2.45, 2.75) is 58.3 Å². The zero-order chi connectivity index (χ0) is 15.6. The Hall–Kier alpha value is -1.70. The number of nitrogen functional groups attached to an aromatic ring is 1. The van der Waals surface area contributed by atoms with E-state index in [-0.39, 0.29) is 0 Å². The number of ether oxygens (including phenoxy) is 1. The number of hydrogen-bond acceptors (Lipinski definition) is 2. The van der Waals surface area contributed by atoms with Gasteiger partial charge in [-0.3, -0.25) is 0 Å². The second-order valence-corrected chi connectivity index (χ2v) is 6.06. The smallest absolute Gasteiger partial charge is 0.142 e. The van der Waals surface area contributed by atoms with Crippen molar-refractivity contribution >= 4 is 16.5 Å². The minimum Gasteiger partial charge on any atom is -0.491 e. The molecular weight excluding hydrogens is 270 g/mol. The monoisotopic (exact) mass is 299 g/mol. The van der Waals surface area contributed by atoms with E-state index in [4.69, 9.17) is 10.5 Å². The van der Waals surface area contributed by atoms with E-state index >= 15 is 0 Å². The largest absolute Gasteiger partial charge is 0.491 e. The van der Waals surface area contributed by atoms with Crippen LogP contribution in [0.5, 0.6) is 5.75 Å². The molecule has 22 heavy (non-hydrogen) atoms. The lowest BCUT2D eigenvalue weighted by atomic mass is 10.1. The van der Waals surface area contributed by atoms with Crippen molar-refractivity contribution in [1.82, 2.24) is 0 Å². The maximum Gasteiger partial charge on any atom is 0.142 e. The van der Waals surface area contributed by atoms with Crippen LogP contribution >= 0.6 is 0 Å². The minimum absolute atomic E-state index is 0.735. The average molecular weight is 299 g/mol. The molecule has 0 unspecified atom stereocenters. The van der Waals surface area contributed by atoms with Crippen LogP contribution in [-0.2, 0) is 0 Å². The van der Waals surface area contributed by atoms with E-state index in [2.05, 4.69) is 25.1 Å². The lowest BCUT2D eigenvalue weighted by molar-refractivity contribution is 0.306. The summed E-state index contributed by atoms with van der Waals surface area (Å²) in [6.45, 7) is 3.02. The summed E-state index contributed by atoms with van der Waals surface area (Å²) in [4.78, 5) is 0. The topological polar surface area (TPSA) is 35.2 Å². The van der Waals surface area contributed by atoms with Gasteiger partial charge in [-0.05, 0) is 29.3 Å². The first-order valence-corrected chi connectivity index (χ1v) is 8.72. The fourth-order valence-electron chi connectivity index (χ4n) is 2.78. The molecule has 0 aliphatic heterocycles. The Kier molecular flexibility index (Phi) is 7.08. The number of unbranched alkanes of at least 4 members (excludes halogenated alkanes) is 7. The summed E-state index contributed by atoms with van der Waals surface area (Å²) >= 11 is 0. The van der Waals surface area contributed by atoms with Crippen LogP contribution in [0.2, 0.25) is 0 Å². The predicted molar refractivity (Wildman–Crippen MR) is 96.5 cm³/mol. The number of benzene rings is 2. The molecular formula is C20H29NO. The van der Waals surface area contributed by atoms with Crippen LogP contribution in [0.4, 0.5) is 5.69 Å². The summed E-state index contributed by atoms with van der Waals surface area (Å²) in [5.41, 5.74) is 6.81. The molecule has 0 fully saturated rings. The van der Waals surface area contributed by atoms with Crippen molar-refractivity contribution in [2.75, 3.05) is 12.3 Å². The molecule has 2 rings (SSSR count). The van der Waals surface area contributed by atoms with Crippen molar-refractivity contribution in [3.63, 3.8) is 0 Å². The van der Waals surface area contributed by atoms with E-state index in [9.17, 15) is 0 Å². The van der Waals surface area contributed by atoms with Crippen molar-refractivity contribution in [1.29, 1.82) is 0 Å². The predicted octanol–water partition coefficient (Wildman–Crippen LogP) is 5.94. The molecule has 0 aliphatic carbocycles. The SMILES string of the molecule is CCCCCCCCCCOc1cc2ccccc2cc1N. The molecule has 0 saturated heterocycles. The van der Waals surface area contributed by atoms with E-state index in [0.717, 1.165) is 24.5 Å². The molecule has 0 bridgehead atoms. The van der Waals surface area contributed by atoms with E-state index in [0.29, 0.717) is 0 Å². The van der Waals surface area contributed by atoms with E-state index < -0.39 is 0 Å². The van der Waals surface area contributed by atoms with Gasteiger partial charge in [0.25, 0.3) is 0 Å². The van der Waals surface area contributed by atoms with Gasteiger partial charge in [0.2, 0.25) is 0 Å². The number of nitrogens with two attached hydrogens (primary N) is 1. The molecule has 2 heteroatoms. The second kappa shape index (κ2) is 9.34. The standard InChI is InChI=1S/C20H29NO/c1-2-3-4-5-6-7-8-11-14-22-20-16-18-13-10-9-12-17(18)15-19(20)21/h9-10,12-13,15-16H,2-8,11,14,21H2,1H3. The molecule has 0 radical (unpaired) electrons. The lowest BCUT2D eigenvalue weighted by Crippen LogP contribution is -2.00. The number of fused-ring (bicyclic) bond motifs is 1. The maximum absolute atomic E-state index is 6.07. The molecule has 2 aromatic carbocycles. The van der Waals surface area contributed by atoms with Crippen LogP contribution < -0.4 is 10.5 Å². The zero-order valence-electron chi connectivity index (χ0n) is 13.8. The summed E-state index contributed by atoms with van der Waals surface area (Å²) in [5.74, 6) is 0.821. The number of rotatable bonds is 10. The minimum atomic E-state index is 0.735. The number of anilines is 1. The molecule has 0 heterocycles. The van der Waals surface area contributed by atoms with E-state index in [1.807, 2.05) is 18.2 Å². The van der Waals surface area contributed by atoms with Gasteiger partial charge in [0.1, 0.15) is 5.75 Å². The fourth-order valence-corrected chi connectivity index (χ4v) is 2.78. The molecule has 0 atom stereocenters. The Morgan fingerprint density at radius 1 is 0.818 bits per heavy atom. The Bertz CT molecular complexity index is 565. The molecule has 120 valence electrons. The summed E-state index contributed by atoms with van der Waals surface area (Å²) in [7, 11) is 0. The van der Waals surface area contributed by atoms with Gasteiger partial charge in [0.15, 0.2) is 0 Å². The van der Waals surface area contributed by atoms with Gasteiger partial charge >= 0.3 is 0 Å². The molecule has 0 aromatic heterocycles. The van der Waals surface area contributed by atoms with Crippen molar-refractivity contribution in [3.8, 4) is 5.75 Å². The van der Waals surface area contributed by atoms with Gasteiger partial charge < -0.3 is 10.5 Å². The van der Waals surface area contributed by atoms with E-state index in [1.54, 1.807) is 0 Å². The van der Waals surface area contributed by atoms with Crippen LogP contribution in [0.25, 0.3) is 10.8 Å². The number of hydrogen-bond donors (Lipinski definition) is 1. The van der Waals surface area contributed by atoms with Gasteiger partial charge in [-0.15, -0.1) is 0 Å². The molecule has 2 aromatic rings. The van der Waals surface area contributed by atoms with Crippen molar-refractivity contribution in [2.24, 2.45) is 0 Å². The summed E-state index contributed by atoms with van der Waals surface area (Å²) < 4.78 is 5.86. The van der Waals surface area contributed by atoms with Crippen LogP contribution in [-0.4, -0.2) is 6.61 Å². The van der Waals surface area contributed by atoms with Crippen LogP contribution in [0.1, 0.15) is 58.3 Å². The summed E-state index contributed by atoms with van der Waals surface area (Å²) in [5, 5.41) is 2.35. The van der Waals surface area contributed by atoms with Gasteiger partial charge in [-0.25, -0.2) is 0 Å². The van der Waals surface area contributed by atoms with Crippen molar-refractivity contribution in [3.05, 3.63) is 36.4 Å². The fraction of sp³-hybridized carbons (Fsp3) is 0.500. The summed E-state index contributed by atoms with van der Waals surface area (Å²) in [6, 6.07) is 12.3. The van der Waals surface area contributed by atoms with Crippen LogP contribution in [0.3, 0.4) is 0 Å². The Morgan fingerprint density at radius 3 is 2.09 bits per heavy atom. The van der Waals surface area contributed by atoms with Gasteiger partial charge in [-0.2, -0.15) is 0 Å². The van der Waals surface area contributed by atoms with Crippen molar-refractivity contribution < 1.29 is 4.74 Å². The van der Waals surface area contributed by atoms with Gasteiger partial charge in [0, 0.05) is 0 Å². The summed E-state index contributed by atoms with van der Waals surface area (Å²) in [6.07, 6.45) is 10.5. The van der Waals surface area contributed by atoms with Gasteiger partial charge in [-0.1, -0.05) is 76.1 Å². The third-order valence-corrected chi connectivity index (χ3v) is 4.13. The highest BCUT2D eigenvalue weighted by Gasteiger charge is 2.03. The molecule has 0 aliphatic rings. The lowest BCUT2D eigenvalue weighted by Gasteiger charge is -2.10. The Labute approximate surface area is 134 Å². The molecule has 0 amide bonds.